The number of carbonyl (C=O) groups excluding carboxylic acids is 2. The fraction of sp³-hybridized carbons (Fsp3) is 0.385. The zero-order valence-electron chi connectivity index (χ0n) is 8.61. The molecule has 1 atom stereocenters. The van der Waals surface area contributed by atoms with Gasteiger partial charge < -0.3 is 0 Å². The molecule has 1 aromatic carbocycles. The van der Waals surface area contributed by atoms with Gasteiger partial charge in [-0.05, 0) is 24.8 Å². The number of ketones is 2. The first kappa shape index (κ1) is 10.1. The van der Waals surface area contributed by atoms with E-state index >= 15 is 0 Å². The third-order valence-corrected chi connectivity index (χ3v) is 2.93. The first-order valence-corrected chi connectivity index (χ1v) is 5.38. The Balaban J connectivity index is 2.06. The van der Waals surface area contributed by atoms with Crippen LogP contribution >= 0.6 is 0 Å². The molecule has 0 heterocycles. The van der Waals surface area contributed by atoms with E-state index in [0.717, 1.165) is 18.4 Å². The van der Waals surface area contributed by atoms with Crippen molar-refractivity contribution < 1.29 is 9.59 Å². The van der Waals surface area contributed by atoms with Gasteiger partial charge >= 0.3 is 0 Å². The van der Waals surface area contributed by atoms with Crippen molar-refractivity contribution in [1.82, 2.24) is 0 Å². The monoisotopic (exact) mass is 202 g/mol. The van der Waals surface area contributed by atoms with Crippen LogP contribution in [0.15, 0.2) is 30.3 Å². The Morgan fingerprint density at radius 3 is 2.60 bits per heavy atom. The number of benzene rings is 1. The fourth-order valence-corrected chi connectivity index (χ4v) is 2.08. The Bertz CT molecular complexity index is 367. The molecule has 1 aliphatic rings. The van der Waals surface area contributed by atoms with E-state index in [1.165, 1.54) is 0 Å². The summed E-state index contributed by atoms with van der Waals surface area (Å²) < 4.78 is 0. The highest BCUT2D eigenvalue weighted by atomic mass is 16.2. The summed E-state index contributed by atoms with van der Waals surface area (Å²) >= 11 is 0. The lowest BCUT2D eigenvalue weighted by Gasteiger charge is -2.19. The van der Waals surface area contributed by atoms with Gasteiger partial charge in [-0.25, -0.2) is 0 Å². The zero-order valence-corrected chi connectivity index (χ0v) is 8.61. The van der Waals surface area contributed by atoms with Gasteiger partial charge in [-0.3, -0.25) is 9.59 Å². The summed E-state index contributed by atoms with van der Waals surface area (Å²) in [5, 5.41) is 0. The van der Waals surface area contributed by atoms with Gasteiger partial charge in [0.1, 0.15) is 0 Å². The maximum atomic E-state index is 11.6. The fourth-order valence-electron chi connectivity index (χ4n) is 2.08. The van der Waals surface area contributed by atoms with E-state index in [0.29, 0.717) is 12.8 Å². The Morgan fingerprint density at radius 2 is 1.87 bits per heavy atom. The second kappa shape index (κ2) is 4.39. The van der Waals surface area contributed by atoms with Gasteiger partial charge in [0.05, 0.1) is 0 Å². The highest BCUT2D eigenvalue weighted by Gasteiger charge is 2.28. The SMILES string of the molecule is O=C1CCCC(Cc2ccccc2)C1=O. The van der Waals surface area contributed by atoms with Gasteiger partial charge in [-0.1, -0.05) is 30.3 Å². The molecule has 15 heavy (non-hydrogen) atoms. The molecule has 1 saturated carbocycles. The highest BCUT2D eigenvalue weighted by molar-refractivity contribution is 6.38. The van der Waals surface area contributed by atoms with Crippen molar-refractivity contribution in [1.29, 1.82) is 0 Å². The average Bonchev–Trinajstić information content (AvgIpc) is 2.26. The van der Waals surface area contributed by atoms with Gasteiger partial charge in [0.25, 0.3) is 0 Å². The standard InChI is InChI=1S/C13H14O2/c14-12-8-4-7-11(13(12)15)9-10-5-2-1-3-6-10/h1-3,5-6,11H,4,7-9H2. The van der Waals surface area contributed by atoms with Crippen LogP contribution < -0.4 is 0 Å². The molecule has 0 amide bonds. The average molecular weight is 202 g/mol. The van der Waals surface area contributed by atoms with Crippen molar-refractivity contribution in [2.75, 3.05) is 0 Å². The second-order valence-corrected chi connectivity index (χ2v) is 4.07. The van der Waals surface area contributed by atoms with Crippen LogP contribution in [-0.4, -0.2) is 11.6 Å². The zero-order chi connectivity index (χ0) is 10.7. The summed E-state index contributed by atoms with van der Waals surface area (Å²) in [6.45, 7) is 0. The molecule has 1 aliphatic carbocycles. The topological polar surface area (TPSA) is 34.1 Å². The summed E-state index contributed by atoms with van der Waals surface area (Å²) in [5.74, 6) is -0.416. The van der Waals surface area contributed by atoms with Gasteiger partial charge in [-0.2, -0.15) is 0 Å². The molecular weight excluding hydrogens is 188 g/mol. The van der Waals surface area contributed by atoms with E-state index in [1.807, 2.05) is 30.3 Å². The van der Waals surface area contributed by atoms with Gasteiger partial charge in [0.2, 0.25) is 5.78 Å². The lowest BCUT2D eigenvalue weighted by Crippen LogP contribution is -2.29. The van der Waals surface area contributed by atoms with Gasteiger partial charge in [-0.15, -0.1) is 0 Å². The summed E-state index contributed by atoms with van der Waals surface area (Å²) in [6.07, 6.45) is 2.89. The number of Topliss-reactive ketones (excluding diaryl/α,β-unsaturated/α-hetero) is 2. The van der Waals surface area contributed by atoms with Gasteiger partial charge in [0.15, 0.2) is 5.78 Å². The summed E-state index contributed by atoms with van der Waals surface area (Å²) in [5.41, 5.74) is 1.14. The molecule has 0 radical (unpaired) electrons. The third-order valence-electron chi connectivity index (χ3n) is 2.93. The molecule has 78 valence electrons. The van der Waals surface area contributed by atoms with Crippen LogP contribution in [0.5, 0.6) is 0 Å². The predicted molar refractivity (Wildman–Crippen MR) is 57.5 cm³/mol. The number of carbonyl (C=O) groups is 2. The molecule has 2 nitrogen and oxygen atoms in total. The van der Waals surface area contributed by atoms with Crippen LogP contribution in [0.3, 0.4) is 0 Å². The van der Waals surface area contributed by atoms with Crippen LogP contribution in [0.25, 0.3) is 0 Å². The first-order chi connectivity index (χ1) is 7.27. The maximum Gasteiger partial charge on any atom is 0.201 e. The van der Waals surface area contributed by atoms with E-state index in [4.69, 9.17) is 0 Å². The molecule has 0 spiro atoms. The lowest BCUT2D eigenvalue weighted by atomic mass is 9.83. The van der Waals surface area contributed by atoms with E-state index in [9.17, 15) is 9.59 Å². The predicted octanol–water partition coefficient (Wildman–Crippen LogP) is 2.17. The molecular formula is C13H14O2. The minimum atomic E-state index is -0.179. The minimum Gasteiger partial charge on any atom is -0.291 e. The molecule has 0 aliphatic heterocycles. The maximum absolute atomic E-state index is 11.6. The quantitative estimate of drug-likeness (QED) is 0.689. The molecule has 1 unspecified atom stereocenters. The van der Waals surface area contributed by atoms with Crippen LogP contribution in [-0.2, 0) is 16.0 Å². The van der Waals surface area contributed by atoms with E-state index < -0.39 is 0 Å². The minimum absolute atomic E-state index is 0.0753. The van der Waals surface area contributed by atoms with Crippen LogP contribution in [0.2, 0.25) is 0 Å². The molecule has 2 rings (SSSR count). The highest BCUT2D eigenvalue weighted by Crippen LogP contribution is 2.22. The molecule has 0 N–H and O–H groups in total. The van der Waals surface area contributed by atoms with E-state index in [2.05, 4.69) is 0 Å². The Morgan fingerprint density at radius 1 is 1.13 bits per heavy atom. The van der Waals surface area contributed by atoms with Crippen molar-refractivity contribution in [2.24, 2.45) is 5.92 Å². The molecule has 2 heteroatoms. The van der Waals surface area contributed by atoms with Crippen LogP contribution in [0.1, 0.15) is 24.8 Å². The number of hydrogen-bond donors (Lipinski definition) is 0. The van der Waals surface area contributed by atoms with Crippen molar-refractivity contribution in [3.63, 3.8) is 0 Å². The Hall–Kier alpha value is -1.44. The van der Waals surface area contributed by atoms with E-state index in [-0.39, 0.29) is 17.5 Å². The normalized spacial score (nSPS) is 21.7. The summed E-state index contributed by atoms with van der Waals surface area (Å²) in [4.78, 5) is 22.8. The van der Waals surface area contributed by atoms with E-state index in [1.54, 1.807) is 0 Å². The first-order valence-electron chi connectivity index (χ1n) is 5.38. The second-order valence-electron chi connectivity index (χ2n) is 4.07. The van der Waals surface area contributed by atoms with Crippen molar-refractivity contribution in [3.05, 3.63) is 35.9 Å². The van der Waals surface area contributed by atoms with Crippen molar-refractivity contribution in [3.8, 4) is 0 Å². The van der Waals surface area contributed by atoms with Gasteiger partial charge in [0, 0.05) is 12.3 Å². The largest absolute Gasteiger partial charge is 0.291 e. The Labute approximate surface area is 89.3 Å². The van der Waals surface area contributed by atoms with Crippen molar-refractivity contribution >= 4 is 11.6 Å². The summed E-state index contributed by atoms with van der Waals surface area (Å²) in [6, 6.07) is 9.89. The molecule has 0 saturated heterocycles. The van der Waals surface area contributed by atoms with Crippen molar-refractivity contribution in [2.45, 2.75) is 25.7 Å². The smallest absolute Gasteiger partial charge is 0.201 e. The number of rotatable bonds is 2. The van der Waals surface area contributed by atoms with Crippen LogP contribution in [0, 0.1) is 5.92 Å². The molecule has 0 aromatic heterocycles. The number of hydrogen-bond acceptors (Lipinski definition) is 2. The molecule has 1 aromatic rings. The molecule has 1 fully saturated rings. The third kappa shape index (κ3) is 2.32. The lowest BCUT2D eigenvalue weighted by molar-refractivity contribution is -0.140. The summed E-state index contributed by atoms with van der Waals surface area (Å²) in [7, 11) is 0. The van der Waals surface area contributed by atoms with Crippen LogP contribution in [0.4, 0.5) is 0 Å². The Kier molecular flexibility index (Phi) is 2.95. The molecule has 0 bridgehead atoms.